The summed E-state index contributed by atoms with van der Waals surface area (Å²) < 4.78 is 0. The van der Waals surface area contributed by atoms with Gasteiger partial charge in [0.2, 0.25) is 0 Å². The quantitative estimate of drug-likeness (QED) is 0.145. The van der Waals surface area contributed by atoms with Crippen molar-refractivity contribution in [1.82, 2.24) is 49.8 Å². The van der Waals surface area contributed by atoms with Crippen LogP contribution < -0.4 is 0 Å². The second kappa shape index (κ2) is 22.5. The second-order valence-corrected chi connectivity index (χ2v) is 24.7. The molecule has 0 aromatic carbocycles. The maximum absolute atomic E-state index is 4.72. The maximum Gasteiger partial charge on any atom is 0.0548 e. The first-order valence-corrected chi connectivity index (χ1v) is 30.0. The molecule has 5 aliphatic rings. The average molecular weight is 1120 g/mol. The minimum atomic E-state index is 0.882. The Labute approximate surface area is 503 Å². The van der Waals surface area contributed by atoms with Crippen LogP contribution in [-0.4, -0.2) is 49.8 Å². The molecule has 10 heteroatoms. The number of rotatable bonds is 0. The van der Waals surface area contributed by atoms with E-state index in [2.05, 4.69) is 197 Å². The zero-order valence-corrected chi connectivity index (χ0v) is 53.8. The summed E-state index contributed by atoms with van der Waals surface area (Å²) in [6.07, 6.45) is 14.3. The third-order valence-corrected chi connectivity index (χ3v) is 19.0. The van der Waals surface area contributed by atoms with Crippen molar-refractivity contribution >= 4 is 0 Å². The summed E-state index contributed by atoms with van der Waals surface area (Å²) in [5.74, 6) is 0. The summed E-state index contributed by atoms with van der Waals surface area (Å²) >= 11 is 0. The van der Waals surface area contributed by atoms with Gasteiger partial charge in [0.1, 0.15) is 0 Å². The van der Waals surface area contributed by atoms with Gasteiger partial charge in [0.25, 0.3) is 0 Å². The van der Waals surface area contributed by atoms with Gasteiger partial charge in [-0.3, -0.25) is 49.8 Å². The number of aromatic nitrogens is 10. The van der Waals surface area contributed by atoms with E-state index in [1.807, 2.05) is 37.9 Å². The lowest BCUT2D eigenvalue weighted by molar-refractivity contribution is 1.00. The molecule has 0 fully saturated rings. The molecule has 10 heterocycles. The summed E-state index contributed by atoms with van der Waals surface area (Å²) in [5, 5.41) is 0. The van der Waals surface area contributed by atoms with Crippen molar-refractivity contribution in [2.75, 3.05) is 0 Å². The van der Waals surface area contributed by atoms with E-state index in [0.717, 1.165) is 60.6 Å². The molecule has 0 radical (unpaired) electrons. The zero-order valence-electron chi connectivity index (χ0n) is 53.8. The Bertz CT molecular complexity index is 4390. The van der Waals surface area contributed by atoms with Crippen LogP contribution in [0.3, 0.4) is 0 Å². The van der Waals surface area contributed by atoms with E-state index in [1.54, 1.807) is 0 Å². The Balaban J connectivity index is 0.000000111. The number of fused-ring (bicyclic) bond motifs is 15. The molecule has 0 saturated heterocycles. The summed E-state index contributed by atoms with van der Waals surface area (Å²) in [4.78, 5) is 46.2. The highest BCUT2D eigenvalue weighted by atomic mass is 14.8. The third kappa shape index (κ3) is 10.5. The normalized spacial score (nSPS) is 12.5. The van der Waals surface area contributed by atoms with E-state index in [9.17, 15) is 0 Å². The Hall–Kier alpha value is -8.50. The standard InChI is InChI=1S/5C15H16N2/c1-8-6-16-12-5-13-15(14(12)10(8)3)11(4)9(2)7-17-13;1-8-5-12-13(17-11(8)4)6-14-15(12)10(3)9(2)7-16-14;1-8-5-10(3)17-13-6-12-15(14(8)13)11(4)9(2)7-16-12;1-8-5-12-13(16-7-8)6-14-15(12)10(3)9(2)11(4)17-14;1-8-5-6-12-13(16-8)7-14-15(12)10(3)9(2)11(4)17-14/h6-7H,5H2,1-4H3;3*5,7H,6H2,1-4H3;5-6H,7H2,1-4H3. The SMILES string of the molecule is Cc1cc(C)c2c(n1)Cc1ncc(C)c(C)c1-2.Cc1cc2c(nc1C)Cc1ncc(C)c(C)c1-2.Cc1ccc2c(n1)Cc1nc(C)c(C)c(C)c1-2.Cc1cnc2c(c1)-c1c(nc(C)c(C)c1C)C2.Cc1cnc2c(c1C)-c1c(ncc(C)c1C)C2. The molecule has 15 rings (SSSR count). The van der Waals surface area contributed by atoms with Crippen LogP contribution in [0.4, 0.5) is 0 Å². The van der Waals surface area contributed by atoms with Crippen LogP contribution in [0.15, 0.2) is 61.3 Å². The highest BCUT2D eigenvalue weighted by Gasteiger charge is 2.30. The van der Waals surface area contributed by atoms with E-state index in [0.29, 0.717) is 0 Å². The van der Waals surface area contributed by atoms with Gasteiger partial charge >= 0.3 is 0 Å². The van der Waals surface area contributed by atoms with Gasteiger partial charge in [-0.1, -0.05) is 6.07 Å². The molecular formula is C75H80N10. The second-order valence-electron chi connectivity index (χ2n) is 24.7. The highest BCUT2D eigenvalue weighted by Crippen LogP contribution is 2.44. The lowest BCUT2D eigenvalue weighted by atomic mass is 9.96. The maximum atomic E-state index is 4.72. The Kier molecular flexibility index (Phi) is 15.4. The molecule has 10 aromatic heterocycles. The van der Waals surface area contributed by atoms with Crippen LogP contribution in [0.5, 0.6) is 0 Å². The van der Waals surface area contributed by atoms with Crippen LogP contribution in [0.1, 0.15) is 169 Å². The van der Waals surface area contributed by atoms with E-state index in [4.69, 9.17) is 15.0 Å². The van der Waals surface area contributed by atoms with Crippen LogP contribution in [-0.2, 0) is 32.1 Å². The summed E-state index contributed by atoms with van der Waals surface area (Å²) in [6, 6.07) is 10.9. The van der Waals surface area contributed by atoms with Crippen molar-refractivity contribution in [2.24, 2.45) is 0 Å². The minimum absolute atomic E-state index is 0.882. The summed E-state index contributed by atoms with van der Waals surface area (Å²) in [7, 11) is 0. The van der Waals surface area contributed by atoms with Crippen LogP contribution in [0, 0.1) is 138 Å². The van der Waals surface area contributed by atoms with Gasteiger partial charge in [0, 0.05) is 147 Å². The first kappa shape index (κ1) is 58.3. The van der Waals surface area contributed by atoms with Gasteiger partial charge in [-0.05, 0) is 246 Å². The van der Waals surface area contributed by atoms with Crippen LogP contribution in [0.25, 0.3) is 55.6 Å². The molecule has 0 amide bonds. The average Bonchev–Trinajstić information content (AvgIpc) is 1.94. The Morgan fingerprint density at radius 2 is 0.600 bits per heavy atom. The molecule has 0 atom stereocenters. The molecule has 0 bridgehead atoms. The van der Waals surface area contributed by atoms with Crippen LogP contribution in [0.2, 0.25) is 0 Å². The minimum Gasteiger partial charge on any atom is -0.260 e. The highest BCUT2D eigenvalue weighted by molar-refractivity contribution is 5.83. The topological polar surface area (TPSA) is 129 Å². The van der Waals surface area contributed by atoms with Gasteiger partial charge in [-0.25, -0.2) is 0 Å². The predicted molar refractivity (Wildman–Crippen MR) is 346 cm³/mol. The fourth-order valence-electron chi connectivity index (χ4n) is 13.1. The first-order chi connectivity index (χ1) is 40.4. The predicted octanol–water partition coefficient (Wildman–Crippen LogP) is 16.4. The van der Waals surface area contributed by atoms with E-state index in [-0.39, 0.29) is 0 Å². The largest absolute Gasteiger partial charge is 0.260 e. The number of nitrogens with zero attached hydrogens (tertiary/aromatic N) is 10. The molecule has 0 unspecified atom stereocenters. The van der Waals surface area contributed by atoms with Crippen molar-refractivity contribution in [3.63, 3.8) is 0 Å². The molecule has 0 spiro atoms. The van der Waals surface area contributed by atoms with Crippen molar-refractivity contribution in [2.45, 2.75) is 171 Å². The third-order valence-electron chi connectivity index (χ3n) is 19.0. The van der Waals surface area contributed by atoms with Crippen molar-refractivity contribution in [3.8, 4) is 55.6 Å². The number of aryl methyl sites for hydroxylation is 12. The van der Waals surface area contributed by atoms with Crippen molar-refractivity contribution < 1.29 is 0 Å². The monoisotopic (exact) mass is 1120 g/mol. The Morgan fingerprint density at radius 1 is 0.235 bits per heavy atom. The molecular weight excluding hydrogens is 1040 g/mol. The van der Waals surface area contributed by atoms with Gasteiger partial charge < -0.3 is 0 Å². The molecule has 0 N–H and O–H groups in total. The zero-order chi connectivity index (χ0) is 60.8. The fourth-order valence-corrected chi connectivity index (χ4v) is 13.1. The smallest absolute Gasteiger partial charge is 0.0548 e. The summed E-state index contributed by atoms with van der Waals surface area (Å²) in [6.45, 7) is 42.7. The molecule has 85 heavy (non-hydrogen) atoms. The molecule has 10 aromatic rings. The molecule has 0 aliphatic heterocycles. The molecule has 430 valence electrons. The van der Waals surface area contributed by atoms with Gasteiger partial charge in [0.05, 0.1) is 56.9 Å². The lowest BCUT2D eigenvalue weighted by Gasteiger charge is -2.11. The summed E-state index contributed by atoms with van der Waals surface area (Å²) in [5.41, 5.74) is 50.1. The molecule has 10 nitrogen and oxygen atoms in total. The lowest BCUT2D eigenvalue weighted by Crippen LogP contribution is -1.97. The first-order valence-electron chi connectivity index (χ1n) is 30.0. The molecule has 5 aliphatic carbocycles. The number of hydrogen-bond donors (Lipinski definition) is 0. The van der Waals surface area contributed by atoms with E-state index in [1.165, 1.54) is 196 Å². The van der Waals surface area contributed by atoms with Crippen molar-refractivity contribution in [3.05, 3.63) is 230 Å². The molecule has 0 saturated carbocycles. The van der Waals surface area contributed by atoms with E-state index >= 15 is 0 Å². The van der Waals surface area contributed by atoms with Gasteiger partial charge in [-0.2, -0.15) is 0 Å². The van der Waals surface area contributed by atoms with Crippen molar-refractivity contribution in [1.29, 1.82) is 0 Å². The Morgan fingerprint density at radius 3 is 1.14 bits per heavy atom. The van der Waals surface area contributed by atoms with Gasteiger partial charge in [-0.15, -0.1) is 0 Å². The number of hydrogen-bond acceptors (Lipinski definition) is 10. The fraction of sp³-hybridized carbons (Fsp3) is 0.333. The van der Waals surface area contributed by atoms with Gasteiger partial charge in [0.15, 0.2) is 0 Å². The van der Waals surface area contributed by atoms with Crippen LogP contribution >= 0.6 is 0 Å². The number of pyridine rings is 10. The van der Waals surface area contributed by atoms with E-state index < -0.39 is 0 Å².